The Labute approximate surface area is 132 Å². The van der Waals surface area contributed by atoms with Gasteiger partial charge in [0.15, 0.2) is 0 Å². The first kappa shape index (κ1) is 21.5. The number of unbranched alkanes of at least 4 members (excludes halogenated alkanes) is 1. The zero-order chi connectivity index (χ0) is 17.2. The van der Waals surface area contributed by atoms with Gasteiger partial charge in [-0.1, -0.05) is 0 Å². The number of quaternary nitrogens is 1. The molecule has 8 nitrogen and oxygen atoms in total. The SMILES string of the molecule is C[C@H](COP(=O)(O)OCC[N+](C)(C)C)OCCCCC(=O)O. The molecule has 22 heavy (non-hydrogen) atoms. The molecule has 2 N–H and O–H groups in total. The van der Waals surface area contributed by atoms with Crippen molar-refractivity contribution in [3.63, 3.8) is 0 Å². The van der Waals surface area contributed by atoms with Gasteiger partial charge in [0, 0.05) is 13.0 Å². The van der Waals surface area contributed by atoms with Crippen molar-refractivity contribution in [3.8, 4) is 0 Å². The Morgan fingerprint density at radius 3 is 2.36 bits per heavy atom. The molecule has 0 aliphatic rings. The maximum Gasteiger partial charge on any atom is 0.472 e. The monoisotopic (exact) mass is 342 g/mol. The fraction of sp³-hybridized carbons (Fsp3) is 0.923. The lowest BCUT2D eigenvalue weighted by atomic mass is 10.2. The molecule has 0 amide bonds. The van der Waals surface area contributed by atoms with Gasteiger partial charge in [0.05, 0.1) is 33.9 Å². The van der Waals surface area contributed by atoms with E-state index < -0.39 is 13.8 Å². The second-order valence-corrected chi connectivity index (χ2v) is 7.60. The lowest BCUT2D eigenvalue weighted by molar-refractivity contribution is -0.870. The normalized spacial score (nSPS) is 16.2. The van der Waals surface area contributed by atoms with Gasteiger partial charge < -0.3 is 19.2 Å². The highest BCUT2D eigenvalue weighted by molar-refractivity contribution is 7.47. The second-order valence-electron chi connectivity index (χ2n) is 6.14. The standard InChI is InChI=1S/C13H28NO7P/c1-12(19-9-6-5-7-13(15)16)11-21-22(17,18)20-10-8-14(2,3)4/h12H,5-11H2,1-4H3,(H-,15,16,17,18)/p+1/t12-/m1/s1. The fourth-order valence-electron chi connectivity index (χ4n) is 1.38. The molecule has 132 valence electrons. The number of aliphatic carboxylic acids is 1. The van der Waals surface area contributed by atoms with Crippen molar-refractivity contribution in [2.24, 2.45) is 0 Å². The molecule has 0 saturated carbocycles. The van der Waals surface area contributed by atoms with Gasteiger partial charge in [0.2, 0.25) is 0 Å². The molecule has 9 heteroatoms. The molecule has 0 spiro atoms. The van der Waals surface area contributed by atoms with Crippen molar-refractivity contribution < 1.29 is 37.6 Å². The van der Waals surface area contributed by atoms with Crippen LogP contribution in [0.3, 0.4) is 0 Å². The molecule has 2 atom stereocenters. The highest BCUT2D eigenvalue weighted by Crippen LogP contribution is 2.43. The average Bonchev–Trinajstić information content (AvgIpc) is 2.34. The third-order valence-corrected chi connectivity index (χ3v) is 3.66. The zero-order valence-corrected chi connectivity index (χ0v) is 14.8. The molecule has 0 aromatic heterocycles. The number of hydrogen-bond acceptors (Lipinski definition) is 5. The van der Waals surface area contributed by atoms with Crippen LogP contribution in [0, 0.1) is 0 Å². The summed E-state index contributed by atoms with van der Waals surface area (Å²) in [5.74, 6) is -0.830. The van der Waals surface area contributed by atoms with E-state index in [4.69, 9.17) is 18.9 Å². The summed E-state index contributed by atoms with van der Waals surface area (Å²) in [5, 5.41) is 8.48. The summed E-state index contributed by atoms with van der Waals surface area (Å²) in [4.78, 5) is 19.8. The fourth-order valence-corrected chi connectivity index (χ4v) is 2.16. The molecule has 0 aliphatic heterocycles. The first-order chi connectivity index (χ1) is 10.0. The molecule has 0 bridgehead atoms. The lowest BCUT2D eigenvalue weighted by Crippen LogP contribution is -2.37. The summed E-state index contributed by atoms with van der Waals surface area (Å²) < 4.78 is 27.4. The third-order valence-electron chi connectivity index (χ3n) is 2.68. The summed E-state index contributed by atoms with van der Waals surface area (Å²) in [6.45, 7) is 2.75. The number of rotatable bonds is 13. The number of phosphoric acid groups is 1. The summed E-state index contributed by atoms with van der Waals surface area (Å²) in [7, 11) is 1.80. The topological polar surface area (TPSA) is 102 Å². The molecule has 0 heterocycles. The Hall–Kier alpha value is -0.500. The average molecular weight is 342 g/mol. The van der Waals surface area contributed by atoms with Crippen LogP contribution in [-0.4, -0.2) is 74.1 Å². The first-order valence-electron chi connectivity index (χ1n) is 7.27. The van der Waals surface area contributed by atoms with Crippen LogP contribution < -0.4 is 0 Å². The van der Waals surface area contributed by atoms with Crippen molar-refractivity contribution in [3.05, 3.63) is 0 Å². The maximum absolute atomic E-state index is 11.6. The quantitative estimate of drug-likeness (QED) is 0.297. The minimum absolute atomic E-state index is 0.0584. The predicted molar refractivity (Wildman–Crippen MR) is 81.5 cm³/mol. The van der Waals surface area contributed by atoms with E-state index in [9.17, 15) is 14.3 Å². The lowest BCUT2D eigenvalue weighted by Gasteiger charge is -2.24. The summed E-state index contributed by atoms with van der Waals surface area (Å²) in [6, 6.07) is 0. The van der Waals surface area contributed by atoms with E-state index >= 15 is 0 Å². The highest BCUT2D eigenvalue weighted by Gasteiger charge is 2.23. The number of phosphoric ester groups is 1. The van der Waals surface area contributed by atoms with Crippen molar-refractivity contribution in [2.75, 3.05) is 47.5 Å². The Balaban J connectivity index is 3.76. The summed E-state index contributed by atoms with van der Waals surface area (Å²) in [6.07, 6.45) is 0.899. The van der Waals surface area contributed by atoms with E-state index in [2.05, 4.69) is 0 Å². The number of hydrogen-bond donors (Lipinski definition) is 2. The maximum atomic E-state index is 11.6. The molecule has 0 aromatic carbocycles. The molecule has 0 saturated heterocycles. The Bertz CT molecular complexity index is 370. The Kier molecular flexibility index (Phi) is 10.1. The highest BCUT2D eigenvalue weighted by atomic mass is 31.2. The van der Waals surface area contributed by atoms with Gasteiger partial charge in [-0.25, -0.2) is 4.57 Å². The molecule has 0 fully saturated rings. The van der Waals surface area contributed by atoms with Crippen molar-refractivity contribution in [2.45, 2.75) is 32.3 Å². The number of carbonyl (C=O) groups is 1. The molecular weight excluding hydrogens is 313 g/mol. The van der Waals surface area contributed by atoms with Crippen LogP contribution in [0.5, 0.6) is 0 Å². The van der Waals surface area contributed by atoms with Gasteiger partial charge in [-0.3, -0.25) is 13.8 Å². The van der Waals surface area contributed by atoms with E-state index in [0.29, 0.717) is 30.5 Å². The van der Waals surface area contributed by atoms with Crippen molar-refractivity contribution in [1.29, 1.82) is 0 Å². The molecule has 0 rings (SSSR count). The van der Waals surface area contributed by atoms with Crippen LogP contribution in [0.15, 0.2) is 0 Å². The van der Waals surface area contributed by atoms with Crippen LogP contribution in [0.1, 0.15) is 26.2 Å². The summed E-state index contributed by atoms with van der Waals surface area (Å²) >= 11 is 0. The molecule has 0 aromatic rings. The molecule has 1 unspecified atom stereocenters. The van der Waals surface area contributed by atoms with Crippen LogP contribution in [0.25, 0.3) is 0 Å². The van der Waals surface area contributed by atoms with Crippen molar-refractivity contribution in [1.82, 2.24) is 0 Å². The predicted octanol–water partition coefficient (Wildman–Crippen LogP) is 1.49. The van der Waals surface area contributed by atoms with Gasteiger partial charge in [0.25, 0.3) is 0 Å². The van der Waals surface area contributed by atoms with Crippen LogP contribution in [0.2, 0.25) is 0 Å². The minimum Gasteiger partial charge on any atom is -0.481 e. The van der Waals surface area contributed by atoms with E-state index in [-0.39, 0.29) is 25.7 Å². The number of carboxylic acids is 1. The van der Waals surface area contributed by atoms with Crippen LogP contribution >= 0.6 is 7.82 Å². The van der Waals surface area contributed by atoms with Gasteiger partial charge in [-0.05, 0) is 19.8 Å². The number of carboxylic acid groups (broad SMARTS) is 1. The Morgan fingerprint density at radius 1 is 1.18 bits per heavy atom. The molecule has 0 radical (unpaired) electrons. The van der Waals surface area contributed by atoms with Gasteiger partial charge in [0.1, 0.15) is 13.2 Å². The second kappa shape index (κ2) is 10.3. The number of nitrogens with zero attached hydrogens (tertiary/aromatic N) is 1. The van der Waals surface area contributed by atoms with Crippen molar-refractivity contribution >= 4 is 13.8 Å². The van der Waals surface area contributed by atoms with E-state index in [1.54, 1.807) is 6.92 Å². The Morgan fingerprint density at radius 2 is 1.82 bits per heavy atom. The van der Waals surface area contributed by atoms with Gasteiger partial charge in [-0.15, -0.1) is 0 Å². The van der Waals surface area contributed by atoms with E-state index in [1.165, 1.54) is 0 Å². The first-order valence-corrected chi connectivity index (χ1v) is 8.77. The third kappa shape index (κ3) is 14.4. The molecular formula is C13H29NO7P+. The van der Waals surface area contributed by atoms with Crippen LogP contribution in [0.4, 0.5) is 0 Å². The smallest absolute Gasteiger partial charge is 0.472 e. The zero-order valence-electron chi connectivity index (χ0n) is 13.9. The van der Waals surface area contributed by atoms with Gasteiger partial charge >= 0.3 is 13.8 Å². The van der Waals surface area contributed by atoms with Crippen LogP contribution in [-0.2, 0) is 23.1 Å². The van der Waals surface area contributed by atoms with Gasteiger partial charge in [-0.2, -0.15) is 0 Å². The minimum atomic E-state index is -4.06. The summed E-state index contributed by atoms with van der Waals surface area (Å²) in [5.41, 5.74) is 0. The largest absolute Gasteiger partial charge is 0.481 e. The number of ether oxygens (including phenoxy) is 1. The van der Waals surface area contributed by atoms with E-state index in [1.807, 2.05) is 21.1 Å². The number of likely N-dealkylation sites (N-methyl/N-ethyl adjacent to an activating group) is 1. The van der Waals surface area contributed by atoms with E-state index in [0.717, 1.165) is 0 Å². The molecule has 0 aliphatic carbocycles.